The number of carbonyl (C=O) groups excluding carboxylic acids is 1. The maximum absolute atomic E-state index is 12.7. The van der Waals surface area contributed by atoms with Crippen LogP contribution in [0.3, 0.4) is 0 Å². The molecular formula is C23H26N2O5. The topological polar surface area (TPSA) is 90.5 Å². The van der Waals surface area contributed by atoms with Crippen molar-refractivity contribution in [3.05, 3.63) is 64.2 Å². The van der Waals surface area contributed by atoms with Crippen LogP contribution in [0.4, 0.5) is 0 Å². The highest BCUT2D eigenvalue weighted by atomic mass is 16.5. The maximum atomic E-state index is 12.7. The number of ether oxygens (including phenoxy) is 3. The first kappa shape index (κ1) is 21.4. The molecule has 30 heavy (non-hydrogen) atoms. The minimum absolute atomic E-state index is 0.274. The summed E-state index contributed by atoms with van der Waals surface area (Å²) < 4.78 is 16.9. The van der Waals surface area contributed by atoms with Crippen LogP contribution in [-0.2, 0) is 4.74 Å². The van der Waals surface area contributed by atoms with Gasteiger partial charge in [0.2, 0.25) is 0 Å². The molecule has 0 bridgehead atoms. The average Bonchev–Trinajstić information content (AvgIpc) is 2.72. The van der Waals surface area contributed by atoms with E-state index in [0.717, 1.165) is 0 Å². The Bertz CT molecular complexity index is 1090. The summed E-state index contributed by atoms with van der Waals surface area (Å²) in [6.07, 6.45) is -0.734. The zero-order valence-corrected chi connectivity index (χ0v) is 17.6. The first-order chi connectivity index (χ1) is 14.4. The monoisotopic (exact) mass is 410 g/mol. The maximum Gasteiger partial charge on any atom is 0.338 e. The molecule has 0 aliphatic rings. The van der Waals surface area contributed by atoms with E-state index in [1.807, 2.05) is 6.92 Å². The number of para-hydroxylation sites is 1. The standard InChI is InChI=1S/C23H26N2O5/c1-5-28-20-12-16(10-11-19(20)29-13-14(2)3)23(27)30-15(4)21-24-18-9-7-6-8-17(18)22(26)25-21/h6-12,14-15H,5,13H2,1-4H3,(H,24,25,26)/t15-/m1/s1. The number of H-pyrrole nitrogens is 1. The van der Waals surface area contributed by atoms with Gasteiger partial charge < -0.3 is 19.2 Å². The van der Waals surface area contributed by atoms with E-state index in [2.05, 4.69) is 23.8 Å². The highest BCUT2D eigenvalue weighted by Crippen LogP contribution is 2.30. The Labute approximate surface area is 175 Å². The van der Waals surface area contributed by atoms with E-state index in [4.69, 9.17) is 14.2 Å². The second-order valence-electron chi connectivity index (χ2n) is 7.32. The molecule has 0 aliphatic heterocycles. The highest BCUT2D eigenvalue weighted by molar-refractivity contribution is 5.90. The largest absolute Gasteiger partial charge is 0.490 e. The summed E-state index contributed by atoms with van der Waals surface area (Å²) in [5.41, 5.74) is 0.596. The van der Waals surface area contributed by atoms with Crippen molar-refractivity contribution in [1.29, 1.82) is 0 Å². The van der Waals surface area contributed by atoms with Crippen LogP contribution in [0.2, 0.25) is 0 Å². The van der Waals surface area contributed by atoms with Crippen molar-refractivity contribution in [2.24, 2.45) is 5.92 Å². The van der Waals surface area contributed by atoms with Crippen molar-refractivity contribution >= 4 is 16.9 Å². The Balaban J connectivity index is 1.79. The highest BCUT2D eigenvalue weighted by Gasteiger charge is 2.19. The predicted molar refractivity (Wildman–Crippen MR) is 114 cm³/mol. The molecule has 1 N–H and O–H groups in total. The Morgan fingerprint density at radius 3 is 2.57 bits per heavy atom. The van der Waals surface area contributed by atoms with Crippen molar-refractivity contribution < 1.29 is 19.0 Å². The number of hydrogen-bond donors (Lipinski definition) is 1. The number of aromatic amines is 1. The van der Waals surface area contributed by atoms with Crippen LogP contribution in [0, 0.1) is 5.92 Å². The summed E-state index contributed by atoms with van der Waals surface area (Å²) in [4.78, 5) is 32.0. The van der Waals surface area contributed by atoms with E-state index >= 15 is 0 Å². The van der Waals surface area contributed by atoms with Gasteiger partial charge >= 0.3 is 5.97 Å². The molecule has 7 heteroatoms. The van der Waals surface area contributed by atoms with Gasteiger partial charge in [0, 0.05) is 0 Å². The second-order valence-corrected chi connectivity index (χ2v) is 7.32. The third kappa shape index (κ3) is 4.97. The Hall–Kier alpha value is -3.35. The molecule has 7 nitrogen and oxygen atoms in total. The molecule has 1 heterocycles. The fourth-order valence-electron chi connectivity index (χ4n) is 2.86. The first-order valence-electron chi connectivity index (χ1n) is 9.98. The summed E-state index contributed by atoms with van der Waals surface area (Å²) in [6.45, 7) is 8.61. The smallest absolute Gasteiger partial charge is 0.338 e. The third-order valence-electron chi connectivity index (χ3n) is 4.35. The molecule has 0 spiro atoms. The minimum atomic E-state index is -0.734. The SMILES string of the molecule is CCOc1cc(C(=O)O[C@H](C)c2nc3ccccc3c(=O)[nH]2)ccc1OCC(C)C. The van der Waals surface area contributed by atoms with Crippen molar-refractivity contribution in [2.75, 3.05) is 13.2 Å². The molecule has 0 amide bonds. The van der Waals surface area contributed by atoms with Crippen LogP contribution in [-0.4, -0.2) is 29.2 Å². The van der Waals surface area contributed by atoms with E-state index in [-0.39, 0.29) is 11.4 Å². The van der Waals surface area contributed by atoms with Gasteiger partial charge in [-0.25, -0.2) is 9.78 Å². The van der Waals surface area contributed by atoms with Crippen molar-refractivity contribution in [3.8, 4) is 11.5 Å². The number of aromatic nitrogens is 2. The van der Waals surface area contributed by atoms with Gasteiger partial charge in [0.1, 0.15) is 0 Å². The van der Waals surface area contributed by atoms with Crippen LogP contribution in [0.1, 0.15) is 50.0 Å². The molecule has 158 valence electrons. The van der Waals surface area contributed by atoms with Gasteiger partial charge in [-0.15, -0.1) is 0 Å². The average molecular weight is 410 g/mol. The van der Waals surface area contributed by atoms with Gasteiger partial charge in [0.25, 0.3) is 5.56 Å². The van der Waals surface area contributed by atoms with Crippen molar-refractivity contribution in [3.63, 3.8) is 0 Å². The Kier molecular flexibility index (Phi) is 6.72. The summed E-state index contributed by atoms with van der Waals surface area (Å²) >= 11 is 0. The van der Waals surface area contributed by atoms with E-state index in [0.29, 0.717) is 47.1 Å². The zero-order valence-electron chi connectivity index (χ0n) is 17.6. The van der Waals surface area contributed by atoms with Gasteiger partial charge in [-0.1, -0.05) is 26.0 Å². The number of nitrogens with one attached hydrogen (secondary N) is 1. The summed E-state index contributed by atoms with van der Waals surface area (Å²) in [5.74, 6) is 1.17. The first-order valence-corrected chi connectivity index (χ1v) is 9.98. The fourth-order valence-corrected chi connectivity index (χ4v) is 2.86. The lowest BCUT2D eigenvalue weighted by Crippen LogP contribution is -2.17. The quantitative estimate of drug-likeness (QED) is 0.558. The molecule has 3 rings (SSSR count). The molecular weight excluding hydrogens is 384 g/mol. The number of esters is 1. The van der Waals surface area contributed by atoms with Crippen LogP contribution in [0.25, 0.3) is 10.9 Å². The van der Waals surface area contributed by atoms with Crippen LogP contribution >= 0.6 is 0 Å². The van der Waals surface area contributed by atoms with E-state index < -0.39 is 12.1 Å². The Morgan fingerprint density at radius 2 is 1.83 bits per heavy atom. The molecule has 0 saturated carbocycles. The van der Waals surface area contributed by atoms with Gasteiger partial charge in [-0.2, -0.15) is 0 Å². The van der Waals surface area contributed by atoms with E-state index in [9.17, 15) is 9.59 Å². The number of nitrogens with zero attached hydrogens (tertiary/aromatic N) is 1. The van der Waals surface area contributed by atoms with Crippen LogP contribution in [0.15, 0.2) is 47.3 Å². The molecule has 0 radical (unpaired) electrons. The minimum Gasteiger partial charge on any atom is -0.490 e. The summed E-state index contributed by atoms with van der Waals surface area (Å²) in [7, 11) is 0. The third-order valence-corrected chi connectivity index (χ3v) is 4.35. The summed E-state index contributed by atoms with van der Waals surface area (Å²) in [6, 6.07) is 11.9. The Morgan fingerprint density at radius 1 is 1.07 bits per heavy atom. The number of fused-ring (bicyclic) bond motifs is 1. The van der Waals surface area contributed by atoms with Gasteiger partial charge in [0.15, 0.2) is 23.4 Å². The van der Waals surface area contributed by atoms with Gasteiger partial charge in [-0.3, -0.25) is 4.79 Å². The number of hydrogen-bond acceptors (Lipinski definition) is 6. The zero-order chi connectivity index (χ0) is 21.7. The molecule has 3 aromatic rings. The normalized spacial score (nSPS) is 12.0. The molecule has 0 fully saturated rings. The van der Waals surface area contributed by atoms with Crippen LogP contribution < -0.4 is 15.0 Å². The van der Waals surface area contributed by atoms with Crippen LogP contribution in [0.5, 0.6) is 11.5 Å². The van der Waals surface area contributed by atoms with E-state index in [1.54, 1.807) is 49.4 Å². The molecule has 0 saturated heterocycles. The lowest BCUT2D eigenvalue weighted by Gasteiger charge is -2.16. The second kappa shape index (κ2) is 9.43. The molecule has 2 aromatic carbocycles. The lowest BCUT2D eigenvalue weighted by molar-refractivity contribution is 0.0319. The summed E-state index contributed by atoms with van der Waals surface area (Å²) in [5, 5.41) is 0.484. The van der Waals surface area contributed by atoms with Gasteiger partial charge in [0.05, 0.1) is 29.7 Å². The number of benzene rings is 2. The van der Waals surface area contributed by atoms with Crippen molar-refractivity contribution in [1.82, 2.24) is 9.97 Å². The van der Waals surface area contributed by atoms with Gasteiger partial charge in [-0.05, 0) is 50.1 Å². The number of carbonyl (C=O) groups is 1. The van der Waals surface area contributed by atoms with E-state index in [1.165, 1.54) is 0 Å². The fraction of sp³-hybridized carbons (Fsp3) is 0.348. The lowest BCUT2D eigenvalue weighted by atomic mass is 10.2. The molecule has 1 atom stereocenters. The molecule has 0 aliphatic carbocycles. The predicted octanol–water partition coefficient (Wildman–Crippen LogP) is 4.27. The molecule has 0 unspecified atom stereocenters. The van der Waals surface area contributed by atoms with Crippen molar-refractivity contribution in [2.45, 2.75) is 33.8 Å². The number of rotatable bonds is 8. The molecule has 1 aromatic heterocycles.